The zero-order chi connectivity index (χ0) is 18.2. The van der Waals surface area contributed by atoms with E-state index in [1.165, 1.54) is 18.3 Å². The molecule has 1 heterocycles. The fraction of sp³-hybridized carbons (Fsp3) is 0.176. The van der Waals surface area contributed by atoms with Crippen molar-refractivity contribution in [1.82, 2.24) is 10.3 Å². The number of nitrogens with one attached hydrogen (secondary N) is 2. The molecule has 1 aromatic carbocycles. The first kappa shape index (κ1) is 18.5. The number of carbonyl (C=O) groups excluding carboxylic acids is 3. The zero-order valence-electron chi connectivity index (χ0n) is 13.1. The van der Waals surface area contributed by atoms with Crippen LogP contribution in [0.15, 0.2) is 42.7 Å². The molecule has 0 saturated carbocycles. The predicted molar refractivity (Wildman–Crippen MR) is 90.9 cm³/mol. The van der Waals surface area contributed by atoms with Gasteiger partial charge in [0.1, 0.15) is 5.82 Å². The summed E-state index contributed by atoms with van der Waals surface area (Å²) < 4.78 is 13.0. The fourth-order valence-corrected chi connectivity index (χ4v) is 2.13. The van der Waals surface area contributed by atoms with E-state index in [2.05, 4.69) is 15.6 Å². The molecule has 0 unspecified atom stereocenters. The highest BCUT2D eigenvalue weighted by Gasteiger charge is 2.11. The number of hydrogen-bond donors (Lipinski definition) is 2. The molecule has 1 aromatic heterocycles. The third kappa shape index (κ3) is 5.96. The van der Waals surface area contributed by atoms with Crippen molar-refractivity contribution < 1.29 is 18.8 Å². The van der Waals surface area contributed by atoms with Gasteiger partial charge in [-0.15, -0.1) is 0 Å². The van der Waals surface area contributed by atoms with Gasteiger partial charge in [-0.05, 0) is 30.3 Å². The summed E-state index contributed by atoms with van der Waals surface area (Å²) in [6.45, 7) is -0.269. The van der Waals surface area contributed by atoms with Crippen LogP contribution in [-0.2, 0) is 9.59 Å². The molecule has 2 rings (SSSR count). The van der Waals surface area contributed by atoms with Crippen LogP contribution in [0.4, 0.5) is 10.1 Å². The standard InChI is InChI=1S/C17H15ClFN3O3/c18-13-8-12(3-4-14(13)19)22-17(25)10-21-16(24)6-5-15(23)11-2-1-7-20-9-11/h1-4,7-9H,5-6,10H2,(H,21,24)(H,22,25). The lowest BCUT2D eigenvalue weighted by Gasteiger charge is -2.07. The highest BCUT2D eigenvalue weighted by Crippen LogP contribution is 2.19. The SMILES string of the molecule is O=C(CCC(=O)c1cccnc1)NCC(=O)Nc1ccc(F)c(Cl)c1. The lowest BCUT2D eigenvalue weighted by molar-refractivity contribution is -0.124. The van der Waals surface area contributed by atoms with E-state index in [0.717, 1.165) is 6.07 Å². The molecule has 0 bridgehead atoms. The van der Waals surface area contributed by atoms with Crippen LogP contribution in [0.5, 0.6) is 0 Å². The normalized spacial score (nSPS) is 10.2. The van der Waals surface area contributed by atoms with Crippen LogP contribution >= 0.6 is 11.6 Å². The molecule has 2 amide bonds. The number of amides is 2. The maximum absolute atomic E-state index is 13.0. The van der Waals surface area contributed by atoms with E-state index < -0.39 is 17.6 Å². The Labute approximate surface area is 148 Å². The van der Waals surface area contributed by atoms with Gasteiger partial charge >= 0.3 is 0 Å². The second-order valence-electron chi connectivity index (χ2n) is 5.12. The lowest BCUT2D eigenvalue weighted by atomic mass is 10.1. The van der Waals surface area contributed by atoms with Crippen LogP contribution in [0.1, 0.15) is 23.2 Å². The molecule has 0 aliphatic carbocycles. The summed E-state index contributed by atoms with van der Waals surface area (Å²) in [7, 11) is 0. The van der Waals surface area contributed by atoms with Gasteiger partial charge in [0, 0.05) is 36.5 Å². The van der Waals surface area contributed by atoms with Gasteiger partial charge in [0.2, 0.25) is 11.8 Å². The molecule has 130 valence electrons. The van der Waals surface area contributed by atoms with Crippen molar-refractivity contribution in [2.45, 2.75) is 12.8 Å². The molecule has 25 heavy (non-hydrogen) atoms. The summed E-state index contributed by atoms with van der Waals surface area (Å²) in [5, 5.41) is 4.77. The van der Waals surface area contributed by atoms with Crippen LogP contribution in [0.2, 0.25) is 5.02 Å². The molecule has 0 atom stereocenters. The van der Waals surface area contributed by atoms with E-state index in [0.29, 0.717) is 11.3 Å². The van der Waals surface area contributed by atoms with Gasteiger partial charge in [-0.1, -0.05) is 11.6 Å². The highest BCUT2D eigenvalue weighted by molar-refractivity contribution is 6.31. The second kappa shape index (κ2) is 8.89. The first-order valence-electron chi connectivity index (χ1n) is 7.40. The summed E-state index contributed by atoms with van der Waals surface area (Å²) in [4.78, 5) is 39.1. The number of halogens is 2. The van der Waals surface area contributed by atoms with E-state index in [4.69, 9.17) is 11.6 Å². The number of Topliss-reactive ketones (excluding diaryl/α,β-unsaturated/α-hetero) is 1. The Morgan fingerprint density at radius 2 is 1.92 bits per heavy atom. The molecule has 6 nitrogen and oxygen atoms in total. The van der Waals surface area contributed by atoms with Crippen LogP contribution in [0, 0.1) is 5.82 Å². The summed E-state index contributed by atoms with van der Waals surface area (Å²) in [5.41, 5.74) is 0.749. The first-order valence-corrected chi connectivity index (χ1v) is 7.78. The molecular weight excluding hydrogens is 349 g/mol. The fourth-order valence-electron chi connectivity index (χ4n) is 1.95. The zero-order valence-corrected chi connectivity index (χ0v) is 13.8. The van der Waals surface area contributed by atoms with Crippen molar-refractivity contribution in [1.29, 1.82) is 0 Å². The van der Waals surface area contributed by atoms with Crippen molar-refractivity contribution >= 4 is 34.9 Å². The number of rotatable bonds is 7. The minimum absolute atomic E-state index is 0.0206. The predicted octanol–water partition coefficient (Wildman–Crippen LogP) is 2.59. The first-order chi connectivity index (χ1) is 12.0. The smallest absolute Gasteiger partial charge is 0.243 e. The van der Waals surface area contributed by atoms with Gasteiger partial charge in [0.15, 0.2) is 5.78 Å². The minimum Gasteiger partial charge on any atom is -0.347 e. The number of anilines is 1. The largest absolute Gasteiger partial charge is 0.347 e. The molecule has 8 heteroatoms. The third-order valence-electron chi connectivity index (χ3n) is 3.21. The quantitative estimate of drug-likeness (QED) is 0.740. The number of carbonyl (C=O) groups is 3. The van der Waals surface area contributed by atoms with Crippen LogP contribution in [0.3, 0.4) is 0 Å². The number of hydrogen-bond acceptors (Lipinski definition) is 4. The Kier molecular flexibility index (Phi) is 6.59. The number of benzene rings is 1. The topological polar surface area (TPSA) is 88.2 Å². The Balaban J connectivity index is 1.73. The summed E-state index contributed by atoms with van der Waals surface area (Å²) in [6.07, 6.45) is 2.97. The molecule has 0 radical (unpaired) electrons. The number of ketones is 1. The maximum Gasteiger partial charge on any atom is 0.243 e. The van der Waals surface area contributed by atoms with Crippen molar-refractivity contribution in [2.24, 2.45) is 0 Å². The Morgan fingerprint density at radius 3 is 2.60 bits per heavy atom. The Hall–Kier alpha value is -2.80. The minimum atomic E-state index is -0.591. The van der Waals surface area contributed by atoms with Crippen LogP contribution < -0.4 is 10.6 Å². The number of pyridine rings is 1. The Morgan fingerprint density at radius 1 is 1.12 bits per heavy atom. The van der Waals surface area contributed by atoms with Gasteiger partial charge in [0.25, 0.3) is 0 Å². The highest BCUT2D eigenvalue weighted by atomic mass is 35.5. The molecule has 2 aromatic rings. The summed E-state index contributed by atoms with van der Waals surface area (Å²) >= 11 is 5.61. The molecule has 2 N–H and O–H groups in total. The monoisotopic (exact) mass is 363 g/mol. The van der Waals surface area contributed by atoms with Crippen LogP contribution in [0.25, 0.3) is 0 Å². The third-order valence-corrected chi connectivity index (χ3v) is 3.50. The van der Waals surface area contributed by atoms with Gasteiger partial charge in [-0.25, -0.2) is 4.39 Å². The molecule has 0 fully saturated rings. The van der Waals surface area contributed by atoms with E-state index in [1.54, 1.807) is 18.3 Å². The van der Waals surface area contributed by atoms with Gasteiger partial charge < -0.3 is 10.6 Å². The molecule has 0 aliphatic rings. The van der Waals surface area contributed by atoms with Gasteiger partial charge in [0.05, 0.1) is 11.6 Å². The molecule has 0 spiro atoms. The van der Waals surface area contributed by atoms with Crippen molar-refractivity contribution in [2.75, 3.05) is 11.9 Å². The van der Waals surface area contributed by atoms with E-state index >= 15 is 0 Å². The van der Waals surface area contributed by atoms with Crippen molar-refractivity contribution in [3.63, 3.8) is 0 Å². The molecule has 0 saturated heterocycles. The average Bonchev–Trinajstić information content (AvgIpc) is 2.61. The number of nitrogens with zero attached hydrogens (tertiary/aromatic N) is 1. The van der Waals surface area contributed by atoms with Crippen molar-refractivity contribution in [3.8, 4) is 0 Å². The Bertz CT molecular complexity index is 784. The number of aromatic nitrogens is 1. The summed E-state index contributed by atoms with van der Waals surface area (Å²) in [5.74, 6) is -1.71. The molecule has 0 aliphatic heterocycles. The average molecular weight is 364 g/mol. The van der Waals surface area contributed by atoms with E-state index in [-0.39, 0.29) is 30.2 Å². The van der Waals surface area contributed by atoms with E-state index in [1.807, 2.05) is 0 Å². The van der Waals surface area contributed by atoms with Crippen LogP contribution in [-0.4, -0.2) is 29.1 Å². The molecular formula is C17H15ClFN3O3. The van der Waals surface area contributed by atoms with Gasteiger partial charge in [-0.3, -0.25) is 19.4 Å². The van der Waals surface area contributed by atoms with Gasteiger partial charge in [-0.2, -0.15) is 0 Å². The summed E-state index contributed by atoms with van der Waals surface area (Å²) in [6, 6.07) is 7.01. The maximum atomic E-state index is 13.0. The van der Waals surface area contributed by atoms with Crippen molar-refractivity contribution in [3.05, 3.63) is 59.1 Å². The second-order valence-corrected chi connectivity index (χ2v) is 5.53. The lowest BCUT2D eigenvalue weighted by Crippen LogP contribution is -2.33. The van der Waals surface area contributed by atoms with E-state index in [9.17, 15) is 18.8 Å².